The van der Waals surface area contributed by atoms with Crippen molar-refractivity contribution in [3.8, 4) is 11.6 Å². The minimum atomic E-state index is -0.391. The summed E-state index contributed by atoms with van der Waals surface area (Å²) in [5, 5.41) is 6.94. The number of para-hydroxylation sites is 1. The quantitative estimate of drug-likeness (QED) is 0.773. The van der Waals surface area contributed by atoms with E-state index in [4.69, 9.17) is 4.74 Å². The molecule has 25 heavy (non-hydrogen) atoms. The van der Waals surface area contributed by atoms with Crippen LogP contribution in [-0.4, -0.2) is 27.3 Å². The van der Waals surface area contributed by atoms with E-state index in [1.807, 2.05) is 6.92 Å². The molecular weight excluding hydrogens is 323 g/mol. The second-order valence-electron chi connectivity index (χ2n) is 5.25. The van der Waals surface area contributed by atoms with E-state index in [2.05, 4.69) is 15.4 Å². The molecule has 0 fully saturated rings. The zero-order valence-electron chi connectivity index (χ0n) is 13.9. The van der Waals surface area contributed by atoms with Crippen LogP contribution in [-0.2, 0) is 0 Å². The average molecular weight is 340 g/mol. The molecule has 0 atom stereocenters. The van der Waals surface area contributed by atoms with E-state index in [9.17, 15) is 9.18 Å². The van der Waals surface area contributed by atoms with Crippen LogP contribution in [0.1, 0.15) is 23.0 Å². The Kier molecular flexibility index (Phi) is 4.74. The van der Waals surface area contributed by atoms with Gasteiger partial charge < -0.3 is 10.1 Å². The largest absolute Gasteiger partial charge is 0.477 e. The maximum Gasteiger partial charge on any atom is 0.261 e. The second kappa shape index (κ2) is 7.12. The van der Waals surface area contributed by atoms with Crippen LogP contribution in [0.5, 0.6) is 5.88 Å². The monoisotopic (exact) mass is 340 g/mol. The molecule has 2 heterocycles. The summed E-state index contributed by atoms with van der Waals surface area (Å²) in [4.78, 5) is 16.6. The SMILES string of the molecule is CCOc1ncccc1C(=O)Nc1cnn(-c2ccccc2F)c1C. The van der Waals surface area contributed by atoms with Crippen LogP contribution in [0.3, 0.4) is 0 Å². The van der Waals surface area contributed by atoms with Crippen LogP contribution in [0.4, 0.5) is 10.1 Å². The fourth-order valence-corrected chi connectivity index (χ4v) is 2.40. The standard InChI is InChI=1S/C18H17FN4O2/c1-3-25-18-13(7-6-10-20-18)17(24)22-15-11-21-23(12(15)2)16-9-5-4-8-14(16)19/h4-11H,3H2,1-2H3,(H,22,24). The highest BCUT2D eigenvalue weighted by Crippen LogP contribution is 2.22. The Morgan fingerprint density at radius 2 is 2.08 bits per heavy atom. The van der Waals surface area contributed by atoms with Gasteiger partial charge in [-0.1, -0.05) is 12.1 Å². The number of hydrogen-bond acceptors (Lipinski definition) is 4. The maximum atomic E-state index is 14.0. The number of halogens is 1. The highest BCUT2D eigenvalue weighted by Gasteiger charge is 2.17. The lowest BCUT2D eigenvalue weighted by molar-refractivity contribution is 0.102. The molecule has 6 nitrogen and oxygen atoms in total. The highest BCUT2D eigenvalue weighted by atomic mass is 19.1. The summed E-state index contributed by atoms with van der Waals surface area (Å²) in [5.41, 5.74) is 1.74. The first kappa shape index (κ1) is 16.6. The molecule has 3 rings (SSSR count). The van der Waals surface area contributed by atoms with Crippen molar-refractivity contribution in [3.05, 3.63) is 65.9 Å². The highest BCUT2D eigenvalue weighted by molar-refractivity contribution is 6.06. The van der Waals surface area contributed by atoms with Crippen molar-refractivity contribution in [1.29, 1.82) is 0 Å². The molecule has 0 saturated carbocycles. The minimum Gasteiger partial charge on any atom is -0.477 e. The molecule has 3 aromatic rings. The van der Waals surface area contributed by atoms with E-state index in [0.29, 0.717) is 29.2 Å². The van der Waals surface area contributed by atoms with Crippen LogP contribution < -0.4 is 10.1 Å². The topological polar surface area (TPSA) is 69.0 Å². The maximum absolute atomic E-state index is 14.0. The average Bonchev–Trinajstić information content (AvgIpc) is 2.97. The number of nitrogens with one attached hydrogen (secondary N) is 1. The Labute approximate surface area is 144 Å². The molecular formula is C18H17FN4O2. The smallest absolute Gasteiger partial charge is 0.261 e. The molecule has 0 radical (unpaired) electrons. The number of pyridine rings is 1. The number of carbonyl (C=O) groups is 1. The minimum absolute atomic E-state index is 0.265. The Hall–Kier alpha value is -3.22. The summed E-state index contributed by atoms with van der Waals surface area (Å²) in [6.45, 7) is 3.97. The first-order chi connectivity index (χ1) is 12.1. The fraction of sp³-hybridized carbons (Fsp3) is 0.167. The number of benzene rings is 1. The molecule has 1 amide bonds. The van der Waals surface area contributed by atoms with Crippen LogP contribution in [0.25, 0.3) is 5.69 Å². The second-order valence-corrected chi connectivity index (χ2v) is 5.25. The predicted octanol–water partition coefficient (Wildman–Crippen LogP) is 3.37. The molecule has 0 aliphatic heterocycles. The number of aromatic nitrogens is 3. The zero-order valence-corrected chi connectivity index (χ0v) is 13.9. The summed E-state index contributed by atoms with van der Waals surface area (Å²) in [5.74, 6) is -0.494. The number of rotatable bonds is 5. The zero-order chi connectivity index (χ0) is 17.8. The van der Waals surface area contributed by atoms with Crippen molar-refractivity contribution in [2.24, 2.45) is 0 Å². The van der Waals surface area contributed by atoms with Gasteiger partial charge in [0.15, 0.2) is 0 Å². The normalized spacial score (nSPS) is 10.5. The van der Waals surface area contributed by atoms with E-state index < -0.39 is 5.82 Å². The number of hydrogen-bond donors (Lipinski definition) is 1. The van der Waals surface area contributed by atoms with Crippen molar-refractivity contribution >= 4 is 11.6 Å². The van der Waals surface area contributed by atoms with Crippen LogP contribution in [0.2, 0.25) is 0 Å². The van der Waals surface area contributed by atoms with Gasteiger partial charge in [-0.2, -0.15) is 5.10 Å². The predicted molar refractivity (Wildman–Crippen MR) is 91.6 cm³/mol. The van der Waals surface area contributed by atoms with Gasteiger partial charge in [-0.3, -0.25) is 4.79 Å². The number of ether oxygens (including phenoxy) is 1. The third kappa shape index (κ3) is 3.35. The molecule has 1 aromatic carbocycles. The Morgan fingerprint density at radius 3 is 2.84 bits per heavy atom. The van der Waals surface area contributed by atoms with Gasteiger partial charge >= 0.3 is 0 Å². The van der Waals surface area contributed by atoms with Gasteiger partial charge in [-0.05, 0) is 38.1 Å². The van der Waals surface area contributed by atoms with E-state index in [1.165, 1.54) is 16.9 Å². The molecule has 0 bridgehead atoms. The molecule has 0 spiro atoms. The van der Waals surface area contributed by atoms with Crippen molar-refractivity contribution in [2.45, 2.75) is 13.8 Å². The van der Waals surface area contributed by atoms with E-state index in [1.54, 1.807) is 43.5 Å². The first-order valence-electron chi connectivity index (χ1n) is 7.80. The first-order valence-corrected chi connectivity index (χ1v) is 7.80. The van der Waals surface area contributed by atoms with Crippen LogP contribution in [0, 0.1) is 12.7 Å². The summed E-state index contributed by atoms with van der Waals surface area (Å²) < 4.78 is 20.8. The van der Waals surface area contributed by atoms with E-state index in [-0.39, 0.29) is 11.8 Å². The van der Waals surface area contributed by atoms with Crippen molar-refractivity contribution < 1.29 is 13.9 Å². The Morgan fingerprint density at radius 1 is 1.28 bits per heavy atom. The van der Waals surface area contributed by atoms with Gasteiger partial charge in [0.1, 0.15) is 17.1 Å². The summed E-state index contributed by atoms with van der Waals surface area (Å²) in [6, 6.07) is 9.60. The molecule has 128 valence electrons. The molecule has 1 N–H and O–H groups in total. The lowest BCUT2D eigenvalue weighted by Gasteiger charge is -2.10. The van der Waals surface area contributed by atoms with Gasteiger partial charge in [-0.15, -0.1) is 0 Å². The molecule has 2 aromatic heterocycles. The fourth-order valence-electron chi connectivity index (χ4n) is 2.40. The Balaban J connectivity index is 1.88. The van der Waals surface area contributed by atoms with Crippen LogP contribution in [0.15, 0.2) is 48.8 Å². The summed E-state index contributed by atoms with van der Waals surface area (Å²) in [6.07, 6.45) is 3.04. The Bertz CT molecular complexity index is 908. The van der Waals surface area contributed by atoms with Gasteiger partial charge in [-0.25, -0.2) is 14.1 Å². The van der Waals surface area contributed by atoms with Gasteiger partial charge in [0.25, 0.3) is 5.91 Å². The molecule has 0 aliphatic carbocycles. The third-order valence-corrected chi connectivity index (χ3v) is 3.64. The molecule has 0 saturated heterocycles. The molecule has 0 aliphatic rings. The van der Waals surface area contributed by atoms with Gasteiger partial charge in [0.05, 0.1) is 24.2 Å². The van der Waals surface area contributed by atoms with E-state index in [0.717, 1.165) is 0 Å². The number of carbonyl (C=O) groups excluding carboxylic acids is 1. The van der Waals surface area contributed by atoms with Crippen molar-refractivity contribution in [2.75, 3.05) is 11.9 Å². The molecule has 7 heteroatoms. The van der Waals surface area contributed by atoms with Gasteiger partial charge in [0, 0.05) is 6.20 Å². The van der Waals surface area contributed by atoms with Crippen molar-refractivity contribution in [1.82, 2.24) is 14.8 Å². The lowest BCUT2D eigenvalue weighted by Crippen LogP contribution is -2.15. The van der Waals surface area contributed by atoms with Crippen LogP contribution >= 0.6 is 0 Å². The number of amides is 1. The lowest BCUT2D eigenvalue weighted by atomic mass is 10.2. The number of nitrogens with zero attached hydrogens (tertiary/aromatic N) is 3. The summed E-state index contributed by atoms with van der Waals surface area (Å²) in [7, 11) is 0. The third-order valence-electron chi connectivity index (χ3n) is 3.64. The molecule has 0 unspecified atom stereocenters. The summed E-state index contributed by atoms with van der Waals surface area (Å²) >= 11 is 0. The van der Waals surface area contributed by atoms with Crippen molar-refractivity contribution in [3.63, 3.8) is 0 Å². The van der Waals surface area contributed by atoms with E-state index >= 15 is 0 Å². The number of anilines is 1. The van der Waals surface area contributed by atoms with Gasteiger partial charge in [0.2, 0.25) is 5.88 Å².